The third-order valence-corrected chi connectivity index (χ3v) is 7.11. The normalized spacial score (nSPS) is 17.0. The maximum Gasteiger partial charge on any atom is 0.258 e. The van der Waals surface area contributed by atoms with Gasteiger partial charge in [0.05, 0.1) is 0 Å². The van der Waals surface area contributed by atoms with Gasteiger partial charge in [-0.05, 0) is 44.8 Å². The van der Waals surface area contributed by atoms with Gasteiger partial charge in [-0.2, -0.15) is 4.99 Å². The number of rotatable bonds is 2. The summed E-state index contributed by atoms with van der Waals surface area (Å²) in [4.78, 5) is 40.3. The summed E-state index contributed by atoms with van der Waals surface area (Å²) in [6.07, 6.45) is 0. The minimum absolute atomic E-state index is 0.0125. The molecule has 2 amide bonds. The standard InChI is InChI=1S/C20H21N7O4S/c1-20(2)17(29)25-15-13(32(20,30)31)10-11-14(23-15)24-18(21-3)27-19(22-4)26-16(28)12-8-6-5-7-9-12/h5-11H,4H2,1-3H3,(H3,21,23,24,25,26,27,28,29). The fourth-order valence-corrected chi connectivity index (χ4v) is 4.14. The fourth-order valence-electron chi connectivity index (χ4n) is 2.69. The zero-order valence-corrected chi connectivity index (χ0v) is 18.4. The first kappa shape index (κ1) is 22.7. The summed E-state index contributed by atoms with van der Waals surface area (Å²) >= 11 is 0. The van der Waals surface area contributed by atoms with E-state index in [0.29, 0.717) is 5.56 Å². The van der Waals surface area contributed by atoms with Gasteiger partial charge < -0.3 is 10.6 Å². The van der Waals surface area contributed by atoms with Crippen LogP contribution in [0.3, 0.4) is 0 Å². The largest absolute Gasteiger partial charge is 0.309 e. The molecule has 1 aromatic carbocycles. The first-order valence-corrected chi connectivity index (χ1v) is 10.8. The van der Waals surface area contributed by atoms with E-state index in [-0.39, 0.29) is 28.5 Å². The zero-order valence-electron chi connectivity index (χ0n) is 17.6. The highest BCUT2D eigenvalue weighted by atomic mass is 32.2. The number of aliphatic imine (C=N–C) groups is 3. The highest BCUT2D eigenvalue weighted by Crippen LogP contribution is 2.35. The van der Waals surface area contributed by atoms with E-state index >= 15 is 0 Å². The first-order chi connectivity index (χ1) is 15.1. The smallest absolute Gasteiger partial charge is 0.258 e. The highest BCUT2D eigenvalue weighted by Gasteiger charge is 2.48. The fraction of sp³-hybridized carbons (Fsp3) is 0.200. The molecule has 0 aliphatic carbocycles. The van der Waals surface area contributed by atoms with Gasteiger partial charge in [0.2, 0.25) is 17.8 Å². The van der Waals surface area contributed by atoms with Crippen LogP contribution in [0.15, 0.2) is 62.3 Å². The average molecular weight is 456 g/mol. The van der Waals surface area contributed by atoms with Gasteiger partial charge in [-0.15, -0.1) is 0 Å². The molecule has 3 rings (SSSR count). The molecule has 166 valence electrons. The Labute approximate surface area is 184 Å². The summed E-state index contributed by atoms with van der Waals surface area (Å²) in [7, 11) is -2.47. The van der Waals surface area contributed by atoms with E-state index < -0.39 is 26.4 Å². The molecule has 11 nitrogen and oxygen atoms in total. The highest BCUT2D eigenvalue weighted by molar-refractivity contribution is 7.94. The predicted octanol–water partition coefficient (Wildman–Crippen LogP) is 1.47. The number of nitrogens with zero attached hydrogens (tertiary/aromatic N) is 4. The van der Waals surface area contributed by atoms with Crippen molar-refractivity contribution in [3.63, 3.8) is 0 Å². The Morgan fingerprint density at radius 2 is 1.81 bits per heavy atom. The van der Waals surface area contributed by atoms with Crippen LogP contribution in [0.2, 0.25) is 0 Å². The molecule has 0 atom stereocenters. The Morgan fingerprint density at radius 1 is 1.12 bits per heavy atom. The molecule has 0 radical (unpaired) electrons. The Kier molecular flexibility index (Phi) is 6.16. The van der Waals surface area contributed by atoms with Crippen LogP contribution in [-0.2, 0) is 14.6 Å². The summed E-state index contributed by atoms with van der Waals surface area (Å²) in [6, 6.07) is 11.2. The second kappa shape index (κ2) is 8.67. The lowest BCUT2D eigenvalue weighted by Gasteiger charge is -2.29. The molecule has 1 aliphatic heterocycles. The summed E-state index contributed by atoms with van der Waals surface area (Å²) < 4.78 is 23.8. The molecule has 0 unspecified atom stereocenters. The van der Waals surface area contributed by atoms with Crippen molar-refractivity contribution in [3.8, 4) is 0 Å². The number of aromatic nitrogens is 1. The molecule has 2 heterocycles. The van der Waals surface area contributed by atoms with E-state index in [1.165, 1.54) is 33.0 Å². The van der Waals surface area contributed by atoms with E-state index in [1.807, 2.05) is 0 Å². The van der Waals surface area contributed by atoms with Crippen molar-refractivity contribution in [2.24, 2.45) is 15.0 Å². The summed E-state index contributed by atoms with van der Waals surface area (Å²) in [5.74, 6) is -1.14. The number of carbonyl (C=O) groups is 2. The minimum Gasteiger partial charge on any atom is -0.309 e. The van der Waals surface area contributed by atoms with E-state index in [9.17, 15) is 18.0 Å². The molecule has 0 spiro atoms. The predicted molar refractivity (Wildman–Crippen MR) is 122 cm³/mol. The number of hydrogen-bond acceptors (Lipinski definition) is 6. The number of nitrogens with one attached hydrogen (secondary N) is 3. The van der Waals surface area contributed by atoms with Crippen LogP contribution >= 0.6 is 0 Å². The molecule has 3 N–H and O–H groups in total. The van der Waals surface area contributed by atoms with Crippen LogP contribution in [0.4, 0.5) is 11.6 Å². The molecule has 1 aliphatic rings. The van der Waals surface area contributed by atoms with Crippen molar-refractivity contribution in [3.05, 3.63) is 48.0 Å². The summed E-state index contributed by atoms with van der Waals surface area (Å²) in [6.45, 7) is 6.05. The van der Waals surface area contributed by atoms with Crippen molar-refractivity contribution in [2.45, 2.75) is 23.5 Å². The number of anilines is 2. The van der Waals surface area contributed by atoms with Crippen LogP contribution < -0.4 is 16.0 Å². The van der Waals surface area contributed by atoms with Crippen molar-refractivity contribution in [1.29, 1.82) is 0 Å². The maximum absolute atomic E-state index is 12.7. The monoisotopic (exact) mass is 455 g/mol. The lowest BCUT2D eigenvalue weighted by Crippen LogP contribution is -2.48. The van der Waals surface area contributed by atoms with Crippen LogP contribution in [0.5, 0.6) is 0 Å². The topological polar surface area (TPSA) is 154 Å². The quantitative estimate of drug-likeness (QED) is 0.460. The van der Waals surface area contributed by atoms with Gasteiger partial charge >= 0.3 is 0 Å². The molecule has 0 bridgehead atoms. The van der Waals surface area contributed by atoms with Crippen molar-refractivity contribution < 1.29 is 18.0 Å². The number of sulfone groups is 1. The zero-order chi connectivity index (χ0) is 23.5. The van der Waals surface area contributed by atoms with Gasteiger partial charge in [0.1, 0.15) is 15.5 Å². The summed E-state index contributed by atoms with van der Waals surface area (Å²) in [5.41, 5.74) is 0.406. The van der Waals surface area contributed by atoms with Gasteiger partial charge in [-0.3, -0.25) is 19.9 Å². The van der Waals surface area contributed by atoms with Crippen molar-refractivity contribution in [2.75, 3.05) is 17.7 Å². The number of amides is 2. The number of guanidine groups is 2. The van der Waals surface area contributed by atoms with Crippen molar-refractivity contribution >= 4 is 51.9 Å². The SMILES string of the molecule is C=NC(=NC(=NC)Nc1ccc2c(n1)NC(=O)C(C)(C)S2(=O)=O)NC(=O)c1ccccc1. The molecular formula is C20H21N7O4S. The second-order valence-electron chi connectivity index (χ2n) is 7.10. The van der Waals surface area contributed by atoms with Gasteiger partial charge in [0, 0.05) is 12.6 Å². The van der Waals surface area contributed by atoms with E-state index in [1.54, 1.807) is 30.3 Å². The molecule has 32 heavy (non-hydrogen) atoms. The number of hydrogen-bond donors (Lipinski definition) is 3. The van der Waals surface area contributed by atoms with Crippen LogP contribution in [0, 0.1) is 0 Å². The third kappa shape index (κ3) is 4.25. The van der Waals surface area contributed by atoms with E-state index in [2.05, 4.69) is 42.6 Å². The number of pyridine rings is 1. The van der Waals surface area contributed by atoms with E-state index in [0.717, 1.165) is 0 Å². The Balaban J connectivity index is 1.83. The van der Waals surface area contributed by atoms with Crippen LogP contribution in [0.25, 0.3) is 0 Å². The maximum atomic E-state index is 12.7. The Bertz CT molecular complexity index is 1250. The molecule has 0 saturated carbocycles. The molecule has 0 saturated heterocycles. The molecule has 12 heteroatoms. The average Bonchev–Trinajstić information content (AvgIpc) is 2.77. The van der Waals surface area contributed by atoms with Crippen LogP contribution in [0.1, 0.15) is 24.2 Å². The lowest BCUT2D eigenvalue weighted by molar-refractivity contribution is -0.118. The second-order valence-corrected chi connectivity index (χ2v) is 9.56. The Hall–Kier alpha value is -3.93. The Morgan fingerprint density at radius 3 is 2.44 bits per heavy atom. The number of benzene rings is 1. The summed E-state index contributed by atoms with van der Waals surface area (Å²) in [5, 5.41) is 7.80. The molecular weight excluding hydrogens is 434 g/mol. The minimum atomic E-state index is -3.91. The molecule has 0 fully saturated rings. The number of fused-ring (bicyclic) bond motifs is 1. The van der Waals surface area contributed by atoms with Gasteiger partial charge in [-0.1, -0.05) is 18.2 Å². The number of carbonyl (C=O) groups excluding carboxylic acids is 2. The van der Waals surface area contributed by atoms with Gasteiger partial charge in [0.25, 0.3) is 5.91 Å². The first-order valence-electron chi connectivity index (χ1n) is 9.33. The van der Waals surface area contributed by atoms with Crippen molar-refractivity contribution in [1.82, 2.24) is 10.3 Å². The molecule has 1 aromatic heterocycles. The van der Waals surface area contributed by atoms with Crippen LogP contribution in [-0.4, -0.2) is 55.6 Å². The van der Waals surface area contributed by atoms with E-state index in [4.69, 9.17) is 0 Å². The lowest BCUT2D eigenvalue weighted by atomic mass is 10.2. The third-order valence-electron chi connectivity index (χ3n) is 4.67. The molecule has 2 aromatic rings. The van der Waals surface area contributed by atoms with Gasteiger partial charge in [-0.25, -0.2) is 18.4 Å². The van der Waals surface area contributed by atoms with Gasteiger partial charge in [0.15, 0.2) is 15.7 Å².